The molecule has 0 saturated carbocycles. The lowest BCUT2D eigenvalue weighted by molar-refractivity contribution is 0.415. The summed E-state index contributed by atoms with van der Waals surface area (Å²) in [6.07, 6.45) is 5.00. The minimum atomic E-state index is -3.16. The Labute approximate surface area is 129 Å². The van der Waals surface area contributed by atoms with Gasteiger partial charge in [0.05, 0.1) is 17.0 Å². The molecule has 5 heteroatoms. The summed E-state index contributed by atoms with van der Waals surface area (Å²) in [4.78, 5) is 0.313. The van der Waals surface area contributed by atoms with Gasteiger partial charge < -0.3 is 4.74 Å². The van der Waals surface area contributed by atoms with Crippen LogP contribution in [0.15, 0.2) is 47.4 Å². The van der Waals surface area contributed by atoms with Gasteiger partial charge in [0.15, 0.2) is 9.84 Å². The number of hydrogen-bond donors (Lipinski definition) is 0. The lowest BCUT2D eigenvalue weighted by Gasteiger charge is -2.03. The number of methoxy groups -OCH3 is 1. The van der Waals surface area contributed by atoms with E-state index in [0.29, 0.717) is 15.7 Å². The quantitative estimate of drug-likeness (QED) is 0.801. The van der Waals surface area contributed by atoms with Crippen molar-refractivity contribution in [1.82, 2.24) is 0 Å². The normalized spacial score (nSPS) is 11.8. The van der Waals surface area contributed by atoms with Gasteiger partial charge in [-0.2, -0.15) is 0 Å². The molecule has 2 rings (SSSR count). The highest BCUT2D eigenvalue weighted by atomic mass is 35.5. The molecule has 0 spiro atoms. The molecule has 0 atom stereocenters. The van der Waals surface area contributed by atoms with E-state index in [2.05, 4.69) is 0 Å². The highest BCUT2D eigenvalue weighted by molar-refractivity contribution is 7.90. The van der Waals surface area contributed by atoms with E-state index in [1.165, 1.54) is 6.26 Å². The van der Waals surface area contributed by atoms with Crippen molar-refractivity contribution in [1.29, 1.82) is 0 Å². The third-order valence-electron chi connectivity index (χ3n) is 2.95. The predicted octanol–water partition coefficient (Wildman–Crippen LogP) is 3.92. The van der Waals surface area contributed by atoms with Crippen LogP contribution < -0.4 is 4.74 Å². The Morgan fingerprint density at radius 3 is 2.14 bits per heavy atom. The van der Waals surface area contributed by atoms with Crippen LogP contribution in [0.25, 0.3) is 12.2 Å². The van der Waals surface area contributed by atoms with Crippen LogP contribution in [0.4, 0.5) is 0 Å². The van der Waals surface area contributed by atoms with Crippen molar-refractivity contribution in [3.05, 3.63) is 58.6 Å². The first kappa shape index (κ1) is 15.6. The molecule has 0 unspecified atom stereocenters. The van der Waals surface area contributed by atoms with Crippen LogP contribution in [-0.4, -0.2) is 21.8 Å². The zero-order chi connectivity index (χ0) is 15.5. The van der Waals surface area contributed by atoms with E-state index >= 15 is 0 Å². The highest BCUT2D eigenvalue weighted by Gasteiger charge is 2.05. The van der Waals surface area contributed by atoms with Gasteiger partial charge in [-0.25, -0.2) is 8.42 Å². The van der Waals surface area contributed by atoms with Crippen LogP contribution in [0.3, 0.4) is 0 Å². The summed E-state index contributed by atoms with van der Waals surface area (Å²) in [6, 6.07) is 12.2. The fourth-order valence-electron chi connectivity index (χ4n) is 1.80. The van der Waals surface area contributed by atoms with Crippen molar-refractivity contribution in [2.24, 2.45) is 0 Å². The molecule has 2 aromatic carbocycles. The molecule has 110 valence electrons. The zero-order valence-electron chi connectivity index (χ0n) is 11.7. The molecule has 0 saturated heterocycles. The largest absolute Gasteiger partial charge is 0.495 e. The highest BCUT2D eigenvalue weighted by Crippen LogP contribution is 2.25. The fourth-order valence-corrected chi connectivity index (χ4v) is 2.62. The molecule has 2 aromatic rings. The first-order valence-electron chi connectivity index (χ1n) is 6.22. The molecule has 0 radical (unpaired) electrons. The third kappa shape index (κ3) is 4.09. The molecular formula is C16H15ClO3S. The Morgan fingerprint density at radius 1 is 1.00 bits per heavy atom. The Bertz CT molecular complexity index is 763. The zero-order valence-corrected chi connectivity index (χ0v) is 13.3. The average Bonchev–Trinajstić information content (AvgIpc) is 2.46. The Kier molecular flexibility index (Phi) is 4.70. The van der Waals surface area contributed by atoms with Gasteiger partial charge in [-0.1, -0.05) is 42.0 Å². The summed E-state index contributed by atoms with van der Waals surface area (Å²) < 4.78 is 27.9. The number of sulfone groups is 1. The van der Waals surface area contributed by atoms with E-state index in [-0.39, 0.29) is 0 Å². The summed E-state index contributed by atoms with van der Waals surface area (Å²) in [5.41, 5.74) is 1.86. The molecule has 0 aliphatic heterocycles. The van der Waals surface area contributed by atoms with E-state index in [0.717, 1.165) is 11.1 Å². The van der Waals surface area contributed by atoms with Crippen LogP contribution in [0.2, 0.25) is 5.02 Å². The summed E-state index contributed by atoms with van der Waals surface area (Å²) in [5, 5.41) is 0.562. The van der Waals surface area contributed by atoms with Crippen LogP contribution in [0.1, 0.15) is 11.1 Å². The van der Waals surface area contributed by atoms with Crippen LogP contribution in [-0.2, 0) is 9.84 Å². The SMILES string of the molecule is COc1cc(/C=C/c2ccc(S(C)(=O)=O)cc2)ccc1Cl. The van der Waals surface area contributed by atoms with Gasteiger partial charge in [0, 0.05) is 6.26 Å². The maximum Gasteiger partial charge on any atom is 0.175 e. The van der Waals surface area contributed by atoms with Crippen molar-refractivity contribution in [2.75, 3.05) is 13.4 Å². The first-order valence-corrected chi connectivity index (χ1v) is 8.49. The molecule has 0 heterocycles. The van der Waals surface area contributed by atoms with Crippen LogP contribution in [0.5, 0.6) is 5.75 Å². The molecule has 0 aromatic heterocycles. The molecular weight excluding hydrogens is 308 g/mol. The first-order chi connectivity index (χ1) is 9.90. The van der Waals surface area contributed by atoms with E-state index in [4.69, 9.17) is 16.3 Å². The summed E-state index contributed by atoms with van der Waals surface area (Å²) in [7, 11) is -1.59. The second-order valence-corrected chi connectivity index (χ2v) is 6.99. The van der Waals surface area contributed by atoms with Crippen LogP contribution in [0, 0.1) is 0 Å². The monoisotopic (exact) mass is 322 g/mol. The molecule has 3 nitrogen and oxygen atoms in total. The van der Waals surface area contributed by atoms with Crippen molar-refractivity contribution in [3.8, 4) is 5.75 Å². The van der Waals surface area contributed by atoms with E-state index < -0.39 is 9.84 Å². The van der Waals surface area contributed by atoms with Gasteiger partial charge in [0.2, 0.25) is 0 Å². The summed E-state index contributed by atoms with van der Waals surface area (Å²) in [6.45, 7) is 0. The summed E-state index contributed by atoms with van der Waals surface area (Å²) in [5.74, 6) is 0.617. The molecule has 0 fully saturated rings. The van der Waals surface area contributed by atoms with Crippen molar-refractivity contribution < 1.29 is 13.2 Å². The van der Waals surface area contributed by atoms with Gasteiger partial charge in [0.25, 0.3) is 0 Å². The smallest absolute Gasteiger partial charge is 0.175 e. The minimum absolute atomic E-state index is 0.313. The van der Waals surface area contributed by atoms with Crippen LogP contribution >= 0.6 is 11.6 Å². The van der Waals surface area contributed by atoms with Gasteiger partial charge in [0.1, 0.15) is 5.75 Å². The Hall–Kier alpha value is -1.78. The Balaban J connectivity index is 2.21. The topological polar surface area (TPSA) is 43.4 Å². The summed E-state index contributed by atoms with van der Waals surface area (Å²) >= 11 is 5.97. The number of rotatable bonds is 4. The molecule has 0 amide bonds. The van der Waals surface area contributed by atoms with E-state index in [9.17, 15) is 8.42 Å². The second-order valence-electron chi connectivity index (χ2n) is 4.57. The number of benzene rings is 2. The molecule has 0 aliphatic carbocycles. The number of ether oxygens (including phenoxy) is 1. The lowest BCUT2D eigenvalue weighted by atomic mass is 10.1. The van der Waals surface area contributed by atoms with Crippen molar-refractivity contribution in [3.63, 3.8) is 0 Å². The van der Waals surface area contributed by atoms with Gasteiger partial charge in [-0.3, -0.25) is 0 Å². The number of halogens is 1. The third-order valence-corrected chi connectivity index (χ3v) is 4.39. The maximum atomic E-state index is 11.4. The second kappa shape index (κ2) is 6.33. The molecule has 0 aliphatic rings. The molecule has 0 N–H and O–H groups in total. The minimum Gasteiger partial charge on any atom is -0.495 e. The average molecular weight is 323 g/mol. The van der Waals surface area contributed by atoms with E-state index in [1.54, 1.807) is 37.4 Å². The lowest BCUT2D eigenvalue weighted by Crippen LogP contribution is -1.95. The maximum absolute atomic E-state index is 11.4. The van der Waals surface area contributed by atoms with Gasteiger partial charge in [-0.05, 0) is 35.4 Å². The predicted molar refractivity (Wildman–Crippen MR) is 86.5 cm³/mol. The molecule has 21 heavy (non-hydrogen) atoms. The number of hydrogen-bond acceptors (Lipinski definition) is 3. The van der Waals surface area contributed by atoms with Gasteiger partial charge >= 0.3 is 0 Å². The van der Waals surface area contributed by atoms with Crippen molar-refractivity contribution >= 4 is 33.6 Å². The standard InChI is InChI=1S/C16H15ClO3S/c1-20-16-11-13(7-10-15(16)17)4-3-12-5-8-14(9-6-12)21(2,18)19/h3-11H,1-2H3/b4-3+. The fraction of sp³-hybridized carbons (Fsp3) is 0.125. The van der Waals surface area contributed by atoms with E-state index in [1.807, 2.05) is 24.3 Å². The molecule has 0 bridgehead atoms. The van der Waals surface area contributed by atoms with Crippen molar-refractivity contribution in [2.45, 2.75) is 4.90 Å². The van der Waals surface area contributed by atoms with Gasteiger partial charge in [-0.15, -0.1) is 0 Å². The Morgan fingerprint density at radius 2 is 1.57 bits per heavy atom.